The molecular weight excluding hydrogens is 574 g/mol. The number of nitro groups is 1. The molecule has 2 aliphatic heterocycles. The van der Waals surface area contributed by atoms with E-state index in [2.05, 4.69) is 10.6 Å². The van der Waals surface area contributed by atoms with Gasteiger partial charge in [-0.25, -0.2) is 14.4 Å². The molecule has 16 nitrogen and oxygen atoms in total. The first-order chi connectivity index (χ1) is 20.0. The number of carbonyl (C=O) groups is 4. The number of methoxy groups -OCH3 is 1. The summed E-state index contributed by atoms with van der Waals surface area (Å²) in [5, 5.41) is 16.2. The molecule has 0 bridgehead atoms. The number of nitrogens with zero attached hydrogens (tertiary/aromatic N) is 1. The average Bonchev–Trinajstić information content (AvgIpc) is 3.25. The van der Waals surface area contributed by atoms with Gasteiger partial charge in [0.1, 0.15) is 17.5 Å². The van der Waals surface area contributed by atoms with Crippen molar-refractivity contribution < 1.29 is 57.3 Å². The van der Waals surface area contributed by atoms with Crippen LogP contribution < -0.4 is 15.4 Å². The van der Waals surface area contributed by atoms with Crippen molar-refractivity contribution in [3.05, 3.63) is 46.2 Å². The maximum atomic E-state index is 13.0. The van der Waals surface area contributed by atoms with Crippen molar-refractivity contribution in [1.82, 2.24) is 10.6 Å². The van der Waals surface area contributed by atoms with Crippen LogP contribution in [0.5, 0.6) is 5.75 Å². The molecule has 1 saturated heterocycles. The predicted octanol–water partition coefficient (Wildman–Crippen LogP) is 2.48. The molecule has 1 aromatic rings. The summed E-state index contributed by atoms with van der Waals surface area (Å²) < 4.78 is 38.6. The van der Waals surface area contributed by atoms with Crippen molar-refractivity contribution in [2.45, 2.75) is 83.3 Å². The number of nitro benzene ring substituents is 1. The van der Waals surface area contributed by atoms with E-state index in [1.165, 1.54) is 25.1 Å². The number of benzene rings is 1. The molecule has 2 N–H and O–H groups in total. The lowest BCUT2D eigenvalue weighted by molar-refractivity contribution is -0.384. The van der Waals surface area contributed by atoms with Crippen molar-refractivity contribution in [3.63, 3.8) is 0 Å². The fourth-order valence-electron chi connectivity index (χ4n) is 4.30. The van der Waals surface area contributed by atoms with Crippen LogP contribution in [0, 0.1) is 10.1 Å². The summed E-state index contributed by atoms with van der Waals surface area (Å²) in [6, 6.07) is 2.38. The highest BCUT2D eigenvalue weighted by molar-refractivity contribution is 5.87. The molecule has 0 aliphatic carbocycles. The maximum Gasteiger partial charge on any atom is 0.514 e. The Morgan fingerprint density at radius 1 is 1.12 bits per heavy atom. The quantitative estimate of drug-likeness (QED) is 0.143. The van der Waals surface area contributed by atoms with E-state index in [4.69, 9.17) is 33.2 Å². The van der Waals surface area contributed by atoms with Gasteiger partial charge < -0.3 is 43.8 Å². The number of carbonyl (C=O) groups excluding carboxylic acids is 4. The molecule has 2 aliphatic rings. The standard InChI is InChI=1S/C27H35N3O13/c1-14(31)28-20-17(29-24(33)43-26(2,3)4)12-18(23(32)37-7)40-22(20)21(19-13-38-27(5,6)42-19)41-25(34)39-16-10-8-15(9-11-16)30(35)36/h8-12,17,19-22H,13H2,1-7H3,(H,28,31)(H,29,33)/t17-,19+,20+,21+,22+/m0/s1. The van der Waals surface area contributed by atoms with E-state index in [-0.39, 0.29) is 23.8 Å². The first kappa shape index (κ1) is 33.1. The summed E-state index contributed by atoms with van der Waals surface area (Å²) in [7, 11) is 1.11. The normalized spacial score (nSPS) is 23.5. The first-order valence-electron chi connectivity index (χ1n) is 13.2. The van der Waals surface area contributed by atoms with Gasteiger partial charge in [0.2, 0.25) is 11.7 Å². The van der Waals surface area contributed by atoms with Crippen LogP contribution in [0.25, 0.3) is 0 Å². The Morgan fingerprint density at radius 3 is 2.28 bits per heavy atom. The predicted molar refractivity (Wildman–Crippen MR) is 145 cm³/mol. The second kappa shape index (κ2) is 13.2. The van der Waals surface area contributed by atoms with E-state index in [1.54, 1.807) is 34.6 Å². The van der Waals surface area contributed by atoms with Gasteiger partial charge in [-0.2, -0.15) is 0 Å². The minimum Gasteiger partial charge on any atom is -0.477 e. The van der Waals surface area contributed by atoms with Crippen LogP contribution in [0.1, 0.15) is 41.5 Å². The third kappa shape index (κ3) is 9.27. The summed E-state index contributed by atoms with van der Waals surface area (Å²) in [4.78, 5) is 61.0. The number of rotatable bonds is 8. The zero-order valence-electron chi connectivity index (χ0n) is 24.7. The molecule has 236 valence electrons. The third-order valence-corrected chi connectivity index (χ3v) is 5.98. The number of hydrogen-bond donors (Lipinski definition) is 2. The molecular formula is C27H35N3O13. The van der Waals surface area contributed by atoms with Gasteiger partial charge in [-0.1, -0.05) is 0 Å². The van der Waals surface area contributed by atoms with Crippen molar-refractivity contribution in [2.75, 3.05) is 13.7 Å². The molecule has 1 aromatic carbocycles. The van der Waals surface area contributed by atoms with Crippen LogP contribution in [0.15, 0.2) is 36.1 Å². The number of ether oxygens (including phenoxy) is 7. The zero-order valence-corrected chi connectivity index (χ0v) is 24.7. The smallest absolute Gasteiger partial charge is 0.477 e. The van der Waals surface area contributed by atoms with Gasteiger partial charge in [-0.15, -0.1) is 0 Å². The molecule has 5 atom stereocenters. The minimum atomic E-state index is -1.42. The number of non-ortho nitro benzene ring substituents is 1. The van der Waals surface area contributed by atoms with E-state index >= 15 is 0 Å². The van der Waals surface area contributed by atoms with E-state index in [0.29, 0.717) is 0 Å². The largest absolute Gasteiger partial charge is 0.514 e. The Balaban J connectivity index is 1.99. The van der Waals surface area contributed by atoms with E-state index in [0.717, 1.165) is 19.2 Å². The SMILES string of the molecule is COC(=O)C1=C[C@H](NC(=O)OC(C)(C)C)[C@@H](NC(C)=O)[C@H]([C@H](OC(=O)Oc2ccc([N+](=O)[O-])cc2)[C@H]2COC(C)(C)O2)O1. The fraction of sp³-hybridized carbons (Fsp3) is 0.556. The first-order valence-corrected chi connectivity index (χ1v) is 13.2. The topological polar surface area (TPSA) is 200 Å². The number of nitrogens with one attached hydrogen (secondary N) is 2. The van der Waals surface area contributed by atoms with Crippen LogP contribution in [-0.2, 0) is 38.0 Å². The molecule has 3 rings (SSSR count). The van der Waals surface area contributed by atoms with Crippen LogP contribution >= 0.6 is 0 Å². The Kier molecular flexibility index (Phi) is 10.2. The maximum absolute atomic E-state index is 13.0. The average molecular weight is 610 g/mol. The molecule has 2 heterocycles. The highest BCUT2D eigenvalue weighted by Gasteiger charge is 2.51. The lowest BCUT2D eigenvalue weighted by atomic mass is 9.91. The molecule has 0 unspecified atom stereocenters. The van der Waals surface area contributed by atoms with Crippen molar-refractivity contribution in [3.8, 4) is 5.75 Å². The molecule has 1 fully saturated rings. The number of amides is 2. The van der Waals surface area contributed by atoms with Gasteiger partial charge in [0, 0.05) is 19.1 Å². The van der Waals surface area contributed by atoms with Crippen LogP contribution in [-0.4, -0.2) is 84.5 Å². The monoisotopic (exact) mass is 609 g/mol. The van der Waals surface area contributed by atoms with Crippen LogP contribution in [0.2, 0.25) is 0 Å². The van der Waals surface area contributed by atoms with E-state index in [9.17, 15) is 29.3 Å². The number of alkyl carbamates (subject to hydrolysis) is 1. The molecule has 0 spiro atoms. The van der Waals surface area contributed by atoms with Gasteiger partial charge in [-0.3, -0.25) is 14.9 Å². The van der Waals surface area contributed by atoms with Crippen LogP contribution in [0.4, 0.5) is 15.3 Å². The third-order valence-electron chi connectivity index (χ3n) is 5.98. The Morgan fingerprint density at radius 2 is 1.77 bits per heavy atom. The van der Waals surface area contributed by atoms with Gasteiger partial charge in [0.25, 0.3) is 5.69 Å². The number of esters is 1. The van der Waals surface area contributed by atoms with Gasteiger partial charge in [0.15, 0.2) is 18.0 Å². The Bertz CT molecular complexity index is 1260. The van der Waals surface area contributed by atoms with Crippen LogP contribution in [0.3, 0.4) is 0 Å². The van der Waals surface area contributed by atoms with Crippen molar-refractivity contribution in [1.29, 1.82) is 0 Å². The molecule has 0 aromatic heterocycles. The van der Waals surface area contributed by atoms with Crippen molar-refractivity contribution >= 4 is 29.8 Å². The molecule has 0 radical (unpaired) electrons. The lowest BCUT2D eigenvalue weighted by Crippen LogP contribution is -2.64. The van der Waals surface area contributed by atoms with E-state index in [1.807, 2.05) is 0 Å². The van der Waals surface area contributed by atoms with Crippen molar-refractivity contribution in [2.24, 2.45) is 0 Å². The van der Waals surface area contributed by atoms with Gasteiger partial charge >= 0.3 is 18.2 Å². The summed E-state index contributed by atoms with van der Waals surface area (Å²) >= 11 is 0. The summed E-state index contributed by atoms with van der Waals surface area (Å²) in [6.07, 6.45) is -4.71. The lowest BCUT2D eigenvalue weighted by Gasteiger charge is -2.41. The number of hydrogen-bond acceptors (Lipinski definition) is 13. The zero-order chi connectivity index (χ0) is 32.1. The molecule has 0 saturated carbocycles. The summed E-state index contributed by atoms with van der Waals surface area (Å²) in [6.45, 7) is 9.33. The highest BCUT2D eigenvalue weighted by Crippen LogP contribution is 2.32. The fourth-order valence-corrected chi connectivity index (χ4v) is 4.30. The van der Waals surface area contributed by atoms with Gasteiger partial charge in [-0.05, 0) is 52.8 Å². The minimum absolute atomic E-state index is 0.0686. The summed E-state index contributed by atoms with van der Waals surface area (Å²) in [5.41, 5.74) is -1.10. The van der Waals surface area contributed by atoms with E-state index < -0.39 is 70.8 Å². The Hall–Kier alpha value is -4.44. The summed E-state index contributed by atoms with van der Waals surface area (Å²) in [5.74, 6) is -2.99. The van der Waals surface area contributed by atoms with Gasteiger partial charge in [0.05, 0.1) is 30.7 Å². The molecule has 16 heteroatoms. The second-order valence-corrected chi connectivity index (χ2v) is 11.1. The second-order valence-electron chi connectivity index (χ2n) is 11.1. The molecule has 43 heavy (non-hydrogen) atoms. The highest BCUT2D eigenvalue weighted by atomic mass is 16.8. The molecule has 2 amide bonds. The Labute approximate surface area is 247 Å².